The van der Waals surface area contributed by atoms with Gasteiger partial charge in [0.05, 0.1) is 11.3 Å². The van der Waals surface area contributed by atoms with Gasteiger partial charge in [-0.05, 0) is 30.7 Å². The Balaban J connectivity index is 1.91. The lowest BCUT2D eigenvalue weighted by atomic mass is 10.1. The third kappa shape index (κ3) is 2.78. The second-order valence-electron chi connectivity index (χ2n) is 4.63. The van der Waals surface area contributed by atoms with Crippen molar-refractivity contribution < 1.29 is 14.3 Å². The Hall–Kier alpha value is -2.27. The summed E-state index contributed by atoms with van der Waals surface area (Å²) in [6.07, 6.45) is 1.64. The van der Waals surface area contributed by atoms with E-state index >= 15 is 0 Å². The maximum Gasteiger partial charge on any atom is 0.259 e. The largest absolute Gasteiger partial charge is 0.486 e. The van der Waals surface area contributed by atoms with Gasteiger partial charge in [0.15, 0.2) is 16.7 Å². The van der Waals surface area contributed by atoms with Crippen LogP contribution in [0.25, 0.3) is 0 Å². The number of anilines is 1. The van der Waals surface area contributed by atoms with E-state index < -0.39 is 0 Å². The lowest BCUT2D eigenvalue weighted by Gasteiger charge is -2.20. The number of aryl methyl sites for hydroxylation is 1. The third-order valence-electron chi connectivity index (χ3n) is 3.03. The van der Waals surface area contributed by atoms with Gasteiger partial charge in [-0.2, -0.15) is 0 Å². The molecule has 1 N–H and O–H groups in total. The second kappa shape index (κ2) is 5.61. The Bertz CT molecular complexity index is 703. The Morgan fingerprint density at radius 2 is 2.14 bits per heavy atom. The number of fused-ring (bicyclic) bond motifs is 1. The van der Waals surface area contributed by atoms with Crippen molar-refractivity contribution in [1.29, 1.82) is 0 Å². The van der Waals surface area contributed by atoms with Crippen molar-refractivity contribution in [3.63, 3.8) is 0 Å². The van der Waals surface area contributed by atoms with Crippen LogP contribution >= 0.6 is 11.6 Å². The first-order valence-electron chi connectivity index (χ1n) is 6.47. The second-order valence-corrected chi connectivity index (χ2v) is 4.99. The molecule has 1 aromatic carbocycles. The first-order valence-corrected chi connectivity index (χ1v) is 6.85. The molecule has 1 amide bonds. The number of amides is 1. The summed E-state index contributed by atoms with van der Waals surface area (Å²) in [7, 11) is 0. The van der Waals surface area contributed by atoms with Gasteiger partial charge in [-0.15, -0.1) is 0 Å². The van der Waals surface area contributed by atoms with Gasteiger partial charge in [-0.3, -0.25) is 4.79 Å². The van der Waals surface area contributed by atoms with Crippen LogP contribution in [0.4, 0.5) is 5.69 Å². The smallest absolute Gasteiger partial charge is 0.259 e. The molecule has 0 aliphatic carbocycles. The minimum atomic E-state index is -0.313. The first kappa shape index (κ1) is 13.7. The number of para-hydroxylation sites is 1. The third-order valence-corrected chi connectivity index (χ3v) is 3.34. The molecule has 5 nitrogen and oxygen atoms in total. The summed E-state index contributed by atoms with van der Waals surface area (Å²) >= 11 is 5.99. The van der Waals surface area contributed by atoms with Gasteiger partial charge >= 0.3 is 0 Å². The van der Waals surface area contributed by atoms with E-state index in [0.29, 0.717) is 36.0 Å². The minimum Gasteiger partial charge on any atom is -0.486 e. The van der Waals surface area contributed by atoms with Crippen LogP contribution in [0.5, 0.6) is 11.5 Å². The summed E-state index contributed by atoms with van der Waals surface area (Å²) in [5, 5.41) is 2.99. The number of rotatable bonds is 2. The van der Waals surface area contributed by atoms with E-state index in [-0.39, 0.29) is 11.1 Å². The molecule has 6 heteroatoms. The Kier molecular flexibility index (Phi) is 3.66. The highest BCUT2D eigenvalue weighted by Crippen LogP contribution is 2.34. The molecule has 0 radical (unpaired) electrons. The van der Waals surface area contributed by atoms with Gasteiger partial charge in [0.1, 0.15) is 13.2 Å². The van der Waals surface area contributed by atoms with Crippen molar-refractivity contribution >= 4 is 23.2 Å². The molecule has 0 spiro atoms. The maximum atomic E-state index is 12.4. The van der Waals surface area contributed by atoms with Gasteiger partial charge in [0, 0.05) is 6.20 Å². The quantitative estimate of drug-likeness (QED) is 0.866. The summed E-state index contributed by atoms with van der Waals surface area (Å²) < 4.78 is 11.0. The fourth-order valence-corrected chi connectivity index (χ4v) is 2.23. The van der Waals surface area contributed by atoms with E-state index in [0.717, 1.165) is 5.56 Å². The number of hydrogen-bond acceptors (Lipinski definition) is 4. The summed E-state index contributed by atoms with van der Waals surface area (Å²) in [6, 6.07) is 6.96. The van der Waals surface area contributed by atoms with Crippen LogP contribution in [0, 0.1) is 6.92 Å². The molecule has 0 unspecified atom stereocenters. The van der Waals surface area contributed by atoms with Crippen LogP contribution in [0.15, 0.2) is 30.5 Å². The molecule has 0 bridgehead atoms. The number of nitrogens with one attached hydrogen (secondary N) is 1. The molecule has 1 aliphatic heterocycles. The fraction of sp³-hybridized carbons (Fsp3) is 0.200. The summed E-state index contributed by atoms with van der Waals surface area (Å²) in [4.78, 5) is 16.4. The zero-order valence-corrected chi connectivity index (χ0v) is 12.1. The number of benzene rings is 1. The summed E-state index contributed by atoms with van der Waals surface area (Å²) in [5.41, 5.74) is 1.78. The van der Waals surface area contributed by atoms with Crippen LogP contribution in [-0.2, 0) is 0 Å². The zero-order chi connectivity index (χ0) is 14.8. The van der Waals surface area contributed by atoms with Crippen LogP contribution in [0.1, 0.15) is 15.9 Å². The molecule has 21 heavy (non-hydrogen) atoms. The van der Waals surface area contributed by atoms with Crippen LogP contribution in [-0.4, -0.2) is 24.1 Å². The Labute approximate surface area is 126 Å². The van der Waals surface area contributed by atoms with Crippen LogP contribution in [0.2, 0.25) is 5.15 Å². The standard InChI is InChI=1S/C15H13ClN2O3/c1-9-7-11(14(16)17-8-9)18-15(19)10-3-2-4-12-13(10)21-6-5-20-12/h2-4,7-8H,5-6H2,1H3,(H,18,19). The highest BCUT2D eigenvalue weighted by Gasteiger charge is 2.21. The molecular weight excluding hydrogens is 292 g/mol. The van der Waals surface area contributed by atoms with Crippen molar-refractivity contribution in [2.75, 3.05) is 18.5 Å². The van der Waals surface area contributed by atoms with Crippen LogP contribution < -0.4 is 14.8 Å². The predicted octanol–water partition coefficient (Wildman–Crippen LogP) is 3.07. The van der Waals surface area contributed by atoms with Crippen molar-refractivity contribution in [3.8, 4) is 11.5 Å². The van der Waals surface area contributed by atoms with Gasteiger partial charge in [0.25, 0.3) is 5.91 Å². The lowest BCUT2D eigenvalue weighted by molar-refractivity contribution is 0.101. The number of halogens is 1. The molecule has 0 saturated carbocycles. The number of hydrogen-bond donors (Lipinski definition) is 1. The molecule has 0 fully saturated rings. The lowest BCUT2D eigenvalue weighted by Crippen LogP contribution is -2.20. The summed E-state index contributed by atoms with van der Waals surface area (Å²) in [6.45, 7) is 2.77. The molecular formula is C15H13ClN2O3. The fourth-order valence-electron chi connectivity index (χ4n) is 2.08. The number of nitrogens with zero attached hydrogens (tertiary/aromatic N) is 1. The van der Waals surface area contributed by atoms with E-state index in [1.165, 1.54) is 0 Å². The van der Waals surface area contributed by atoms with Crippen molar-refractivity contribution in [2.45, 2.75) is 6.92 Å². The van der Waals surface area contributed by atoms with E-state index in [4.69, 9.17) is 21.1 Å². The molecule has 108 valence electrons. The Morgan fingerprint density at radius 3 is 3.00 bits per heavy atom. The van der Waals surface area contributed by atoms with E-state index in [1.54, 1.807) is 30.5 Å². The van der Waals surface area contributed by atoms with E-state index in [9.17, 15) is 4.79 Å². The molecule has 3 rings (SSSR count). The first-order chi connectivity index (χ1) is 10.1. The SMILES string of the molecule is Cc1cnc(Cl)c(NC(=O)c2cccc3c2OCCO3)c1. The number of carbonyl (C=O) groups excluding carboxylic acids is 1. The summed E-state index contributed by atoms with van der Waals surface area (Å²) in [5.74, 6) is 0.715. The topological polar surface area (TPSA) is 60.5 Å². The van der Waals surface area contributed by atoms with Crippen molar-refractivity contribution in [3.05, 3.63) is 46.7 Å². The van der Waals surface area contributed by atoms with Crippen molar-refractivity contribution in [2.24, 2.45) is 0 Å². The number of ether oxygens (including phenoxy) is 2. The van der Waals surface area contributed by atoms with Gasteiger partial charge in [-0.1, -0.05) is 17.7 Å². The molecule has 0 saturated heterocycles. The average molecular weight is 305 g/mol. The number of pyridine rings is 1. The van der Waals surface area contributed by atoms with Gasteiger partial charge in [0.2, 0.25) is 0 Å². The normalized spacial score (nSPS) is 12.9. The van der Waals surface area contributed by atoms with E-state index in [2.05, 4.69) is 10.3 Å². The molecule has 0 atom stereocenters. The highest BCUT2D eigenvalue weighted by molar-refractivity contribution is 6.32. The molecule has 1 aromatic heterocycles. The molecule has 2 aromatic rings. The minimum absolute atomic E-state index is 0.246. The van der Waals surface area contributed by atoms with Gasteiger partial charge in [-0.25, -0.2) is 4.98 Å². The Morgan fingerprint density at radius 1 is 1.33 bits per heavy atom. The molecule has 2 heterocycles. The molecule has 1 aliphatic rings. The zero-order valence-electron chi connectivity index (χ0n) is 11.4. The van der Waals surface area contributed by atoms with E-state index in [1.807, 2.05) is 6.92 Å². The maximum absolute atomic E-state index is 12.4. The predicted molar refractivity (Wildman–Crippen MR) is 79.4 cm³/mol. The van der Waals surface area contributed by atoms with Crippen molar-refractivity contribution in [1.82, 2.24) is 4.98 Å². The monoisotopic (exact) mass is 304 g/mol. The van der Waals surface area contributed by atoms with Crippen LogP contribution in [0.3, 0.4) is 0 Å². The number of aromatic nitrogens is 1. The number of carbonyl (C=O) groups is 1. The average Bonchev–Trinajstić information content (AvgIpc) is 2.50. The highest BCUT2D eigenvalue weighted by atomic mass is 35.5. The van der Waals surface area contributed by atoms with Gasteiger partial charge < -0.3 is 14.8 Å².